The maximum absolute atomic E-state index is 11.4. The smallest absolute Gasteiger partial charge is 0.219 e. The number of methoxy groups -OCH3 is 1. The first-order valence-electron chi connectivity index (χ1n) is 12.7. The van der Waals surface area contributed by atoms with Crippen LogP contribution in [0.25, 0.3) is 0 Å². The molecule has 1 atom stereocenters. The fourth-order valence-corrected chi connectivity index (χ4v) is 3.99. The first-order valence-corrected chi connectivity index (χ1v) is 12.7. The number of ether oxygens (including phenoxy) is 3. The first kappa shape index (κ1) is 26.4. The minimum atomic E-state index is 0.0576. The highest BCUT2D eigenvalue weighted by Gasteiger charge is 2.23. The average Bonchev–Trinajstić information content (AvgIpc) is 3.71. The predicted molar refractivity (Wildman–Crippen MR) is 140 cm³/mol. The van der Waals surface area contributed by atoms with Crippen LogP contribution >= 0.6 is 0 Å². The summed E-state index contributed by atoms with van der Waals surface area (Å²) in [6.45, 7) is 8.91. The van der Waals surface area contributed by atoms with Gasteiger partial charge >= 0.3 is 0 Å². The Bertz CT molecular complexity index is 992. The van der Waals surface area contributed by atoms with Gasteiger partial charge in [0, 0.05) is 31.4 Å². The minimum absolute atomic E-state index is 0.0576. The van der Waals surface area contributed by atoms with Gasteiger partial charge in [0.1, 0.15) is 17.6 Å². The largest absolute Gasteiger partial charge is 0.494 e. The number of nitrogens with one attached hydrogen (secondary N) is 1. The van der Waals surface area contributed by atoms with Crippen LogP contribution in [0.5, 0.6) is 5.75 Å². The molecular weight excluding hydrogens is 438 g/mol. The third-order valence-electron chi connectivity index (χ3n) is 6.30. The fourth-order valence-electron chi connectivity index (χ4n) is 3.99. The zero-order valence-electron chi connectivity index (χ0n) is 21.4. The summed E-state index contributed by atoms with van der Waals surface area (Å²) in [7, 11) is 1.69. The summed E-state index contributed by atoms with van der Waals surface area (Å²) in [4.78, 5) is 11.4. The van der Waals surface area contributed by atoms with Gasteiger partial charge < -0.3 is 19.5 Å². The maximum Gasteiger partial charge on any atom is 0.219 e. The van der Waals surface area contributed by atoms with Crippen molar-refractivity contribution in [1.29, 1.82) is 0 Å². The van der Waals surface area contributed by atoms with E-state index in [9.17, 15) is 4.79 Å². The highest BCUT2D eigenvalue weighted by molar-refractivity contribution is 5.75. The van der Waals surface area contributed by atoms with Crippen molar-refractivity contribution in [2.24, 2.45) is 5.92 Å². The molecule has 1 fully saturated rings. The molecule has 188 valence electrons. The number of allylic oxidation sites excluding steroid dienone is 4. The zero-order valence-corrected chi connectivity index (χ0v) is 21.4. The summed E-state index contributed by atoms with van der Waals surface area (Å²) in [5.41, 5.74) is 6.75. The molecular formula is C30H39NO4. The number of hydrogen-bond acceptors (Lipinski definition) is 4. The van der Waals surface area contributed by atoms with Crippen molar-refractivity contribution in [3.05, 3.63) is 83.0 Å². The number of benzene rings is 1. The van der Waals surface area contributed by atoms with Crippen LogP contribution in [0.2, 0.25) is 0 Å². The minimum Gasteiger partial charge on any atom is -0.494 e. The predicted octanol–water partition coefficient (Wildman–Crippen LogP) is 6.53. The summed E-state index contributed by atoms with van der Waals surface area (Å²) in [5.74, 6) is 3.19. The van der Waals surface area contributed by atoms with Crippen molar-refractivity contribution in [2.45, 2.75) is 71.4 Å². The number of amides is 1. The standard InChI is InChI=1S/C30H39NO4/c1-5-7-8-26(30(33-4)22(3)34-21-25-9-10-25)19-23-11-15-27(16-12-23)35-28-17-13-24(14-18-28)20-31-29(32)6-2/h5,7,11,13-14,17-18,25,27H,1,6,9-10,12,15-16,19-21H2,2-4H3,(H,31,32). The van der Waals surface area contributed by atoms with Gasteiger partial charge in [0.25, 0.3) is 0 Å². The lowest BCUT2D eigenvalue weighted by Crippen LogP contribution is -2.21. The number of hydrogen-bond donors (Lipinski definition) is 1. The maximum atomic E-state index is 11.4. The molecule has 0 saturated heterocycles. The van der Waals surface area contributed by atoms with Crippen LogP contribution in [0.15, 0.2) is 77.5 Å². The highest BCUT2D eigenvalue weighted by Crippen LogP contribution is 2.32. The Balaban J connectivity index is 1.57. The van der Waals surface area contributed by atoms with Gasteiger partial charge in [-0.05, 0) is 62.3 Å². The number of rotatable bonds is 13. The lowest BCUT2D eigenvalue weighted by molar-refractivity contribution is -0.120. The van der Waals surface area contributed by atoms with Crippen LogP contribution in [0.1, 0.15) is 64.4 Å². The Kier molecular flexibility index (Phi) is 10.3. The molecule has 2 aliphatic carbocycles. The van der Waals surface area contributed by atoms with Gasteiger partial charge in [-0.15, -0.1) is 5.73 Å². The van der Waals surface area contributed by atoms with E-state index < -0.39 is 0 Å². The molecule has 1 aromatic rings. The second-order valence-corrected chi connectivity index (χ2v) is 9.20. The first-order chi connectivity index (χ1) is 17.0. The van der Waals surface area contributed by atoms with Crippen LogP contribution in [-0.4, -0.2) is 25.7 Å². The average molecular weight is 478 g/mol. The molecule has 0 aliphatic heterocycles. The summed E-state index contributed by atoms with van der Waals surface area (Å²) in [6.07, 6.45) is 12.6. The van der Waals surface area contributed by atoms with Crippen molar-refractivity contribution >= 4 is 5.91 Å². The van der Waals surface area contributed by atoms with E-state index in [1.54, 1.807) is 13.2 Å². The Morgan fingerprint density at radius 2 is 2.00 bits per heavy atom. The molecule has 1 N–H and O–H groups in total. The number of carbonyl (C=O) groups is 1. The van der Waals surface area contributed by atoms with E-state index in [2.05, 4.69) is 23.7 Å². The quantitative estimate of drug-likeness (QED) is 0.152. The second-order valence-electron chi connectivity index (χ2n) is 9.20. The highest BCUT2D eigenvalue weighted by atomic mass is 16.5. The molecule has 0 radical (unpaired) electrons. The van der Waals surface area contributed by atoms with E-state index in [0.717, 1.165) is 60.7 Å². The second kappa shape index (κ2) is 13.7. The normalized spacial score (nSPS) is 17.8. The van der Waals surface area contributed by atoms with Crippen molar-refractivity contribution in [3.8, 4) is 5.75 Å². The van der Waals surface area contributed by atoms with Gasteiger partial charge in [0.2, 0.25) is 5.91 Å². The molecule has 1 saturated carbocycles. The van der Waals surface area contributed by atoms with E-state index in [0.29, 0.717) is 18.9 Å². The van der Waals surface area contributed by atoms with Crippen LogP contribution in [0, 0.1) is 5.92 Å². The molecule has 0 aromatic heterocycles. The van der Waals surface area contributed by atoms with Crippen molar-refractivity contribution in [3.63, 3.8) is 0 Å². The van der Waals surface area contributed by atoms with Crippen molar-refractivity contribution in [1.82, 2.24) is 5.32 Å². The summed E-state index contributed by atoms with van der Waals surface area (Å²) >= 11 is 0. The zero-order chi connectivity index (χ0) is 25.0. The molecule has 3 rings (SSSR count). The summed E-state index contributed by atoms with van der Waals surface area (Å²) in [5, 5.41) is 2.89. The molecule has 1 unspecified atom stereocenters. The topological polar surface area (TPSA) is 56.8 Å². The molecule has 5 nitrogen and oxygen atoms in total. The van der Waals surface area contributed by atoms with Crippen LogP contribution in [0.4, 0.5) is 0 Å². The van der Waals surface area contributed by atoms with Crippen LogP contribution in [-0.2, 0) is 20.8 Å². The van der Waals surface area contributed by atoms with E-state index >= 15 is 0 Å². The lowest BCUT2D eigenvalue weighted by Gasteiger charge is -2.24. The van der Waals surface area contributed by atoms with Gasteiger partial charge in [0.05, 0.1) is 13.7 Å². The fraction of sp³-hybridized carbons (Fsp3) is 0.467. The molecule has 0 spiro atoms. The van der Waals surface area contributed by atoms with Gasteiger partial charge in [-0.25, -0.2) is 0 Å². The van der Waals surface area contributed by atoms with E-state index in [-0.39, 0.29) is 12.0 Å². The Hall–Kier alpha value is -3.17. The van der Waals surface area contributed by atoms with Crippen LogP contribution in [0.3, 0.4) is 0 Å². The molecule has 2 aliphatic rings. The van der Waals surface area contributed by atoms with E-state index in [1.807, 2.05) is 44.2 Å². The lowest BCUT2D eigenvalue weighted by atomic mass is 9.91. The Morgan fingerprint density at radius 3 is 2.60 bits per heavy atom. The molecule has 0 bridgehead atoms. The van der Waals surface area contributed by atoms with Crippen molar-refractivity contribution < 1.29 is 19.0 Å². The van der Waals surface area contributed by atoms with E-state index in [4.69, 9.17) is 14.2 Å². The van der Waals surface area contributed by atoms with Gasteiger partial charge in [0.15, 0.2) is 5.76 Å². The van der Waals surface area contributed by atoms with Gasteiger partial charge in [-0.1, -0.05) is 43.4 Å². The van der Waals surface area contributed by atoms with E-state index in [1.165, 1.54) is 18.4 Å². The monoisotopic (exact) mass is 477 g/mol. The third-order valence-corrected chi connectivity index (χ3v) is 6.30. The SMILES string of the molecule is C=CC=C=C(CC1=CCC(Oc2ccc(CNC(=O)CC)cc2)CC1)C(OC)=C(C)OCC1CC1. The third kappa shape index (κ3) is 8.84. The molecule has 1 aromatic carbocycles. The molecule has 1 amide bonds. The number of carbonyl (C=O) groups excluding carboxylic acids is 1. The van der Waals surface area contributed by atoms with Crippen LogP contribution < -0.4 is 10.1 Å². The van der Waals surface area contributed by atoms with Crippen molar-refractivity contribution in [2.75, 3.05) is 13.7 Å². The summed E-state index contributed by atoms with van der Waals surface area (Å²) in [6, 6.07) is 7.97. The van der Waals surface area contributed by atoms with Gasteiger partial charge in [-0.2, -0.15) is 0 Å². The molecule has 5 heteroatoms. The Morgan fingerprint density at radius 1 is 1.23 bits per heavy atom. The molecule has 0 heterocycles. The van der Waals surface area contributed by atoms with Gasteiger partial charge in [-0.3, -0.25) is 4.79 Å². The molecule has 35 heavy (non-hydrogen) atoms. The summed E-state index contributed by atoms with van der Waals surface area (Å²) < 4.78 is 17.9. The Labute approximate surface area is 210 Å².